The third-order valence-corrected chi connectivity index (χ3v) is 4.87. The second kappa shape index (κ2) is 9.83. The minimum Gasteiger partial charge on any atom is -0.383 e. The summed E-state index contributed by atoms with van der Waals surface area (Å²) < 4.78 is 6.50. The molecule has 3 aromatic rings. The van der Waals surface area contributed by atoms with E-state index in [0.717, 1.165) is 0 Å². The van der Waals surface area contributed by atoms with Crippen LogP contribution in [0.1, 0.15) is 16.2 Å². The number of nitrogens with one attached hydrogen (secondary N) is 1. The van der Waals surface area contributed by atoms with Crippen molar-refractivity contribution in [1.29, 1.82) is 0 Å². The number of benzene rings is 1. The van der Waals surface area contributed by atoms with Crippen LogP contribution in [0.4, 0.5) is 0 Å². The van der Waals surface area contributed by atoms with E-state index < -0.39 is 0 Å². The Morgan fingerprint density at radius 3 is 2.61 bits per heavy atom. The van der Waals surface area contributed by atoms with E-state index in [1.165, 1.54) is 11.8 Å². The van der Waals surface area contributed by atoms with E-state index in [9.17, 15) is 4.79 Å². The van der Waals surface area contributed by atoms with E-state index in [0.29, 0.717) is 45.5 Å². The smallest absolute Gasteiger partial charge is 0.273 e. The minimum atomic E-state index is -0.346. The number of hydrogen-bond acceptors (Lipinski definition) is 7. The van der Waals surface area contributed by atoms with Gasteiger partial charge in [0.2, 0.25) is 0 Å². The van der Waals surface area contributed by atoms with Crippen molar-refractivity contribution < 1.29 is 9.53 Å². The molecule has 0 fully saturated rings. The number of carbonyl (C=O) groups excluding carboxylic acids is 1. The Balaban J connectivity index is 1.93. The molecule has 0 saturated heterocycles. The second-order valence-electron chi connectivity index (χ2n) is 5.49. The van der Waals surface area contributed by atoms with Gasteiger partial charge in [-0.2, -0.15) is 0 Å². The van der Waals surface area contributed by atoms with Gasteiger partial charge in [0, 0.05) is 41.8 Å². The Bertz CT molecular complexity index is 934. The molecule has 0 spiro atoms. The number of carbonyl (C=O) groups is 1. The largest absolute Gasteiger partial charge is 0.383 e. The van der Waals surface area contributed by atoms with Gasteiger partial charge in [-0.15, -0.1) is 5.10 Å². The summed E-state index contributed by atoms with van der Waals surface area (Å²) in [5, 5.41) is 12.4. The normalized spacial score (nSPS) is 10.8. The van der Waals surface area contributed by atoms with Crippen LogP contribution >= 0.6 is 35.0 Å². The SMILES string of the molecule is COCCNC(=O)c1nnn(-c2cc(Cl)cc(Cl)c2)c1CSc1ncccn1. The molecular weight excluding hydrogens is 423 g/mol. The average Bonchev–Trinajstić information content (AvgIpc) is 3.10. The van der Waals surface area contributed by atoms with Crippen molar-refractivity contribution in [3.63, 3.8) is 0 Å². The topological polar surface area (TPSA) is 94.8 Å². The summed E-state index contributed by atoms with van der Waals surface area (Å²) in [7, 11) is 1.56. The van der Waals surface area contributed by atoms with Crippen LogP contribution in [0.2, 0.25) is 10.0 Å². The highest BCUT2D eigenvalue weighted by molar-refractivity contribution is 7.98. The second-order valence-corrected chi connectivity index (χ2v) is 7.31. The Kier molecular flexibility index (Phi) is 7.21. The van der Waals surface area contributed by atoms with Crippen LogP contribution in [0, 0.1) is 0 Å². The van der Waals surface area contributed by atoms with Crippen molar-refractivity contribution in [3.8, 4) is 5.69 Å². The van der Waals surface area contributed by atoms with E-state index in [2.05, 4.69) is 25.6 Å². The van der Waals surface area contributed by atoms with Crippen LogP contribution in [0.5, 0.6) is 0 Å². The molecule has 0 aliphatic heterocycles. The van der Waals surface area contributed by atoms with Gasteiger partial charge in [-0.25, -0.2) is 14.6 Å². The highest BCUT2D eigenvalue weighted by Gasteiger charge is 2.21. The molecule has 0 aliphatic rings. The molecule has 0 atom stereocenters. The molecule has 28 heavy (non-hydrogen) atoms. The van der Waals surface area contributed by atoms with Gasteiger partial charge in [-0.05, 0) is 24.3 Å². The van der Waals surface area contributed by atoms with Crippen molar-refractivity contribution >= 4 is 40.9 Å². The molecule has 8 nitrogen and oxygen atoms in total. The highest BCUT2D eigenvalue weighted by atomic mass is 35.5. The van der Waals surface area contributed by atoms with E-state index in [1.54, 1.807) is 48.5 Å². The van der Waals surface area contributed by atoms with E-state index in [-0.39, 0.29) is 11.6 Å². The van der Waals surface area contributed by atoms with Crippen LogP contribution < -0.4 is 5.32 Å². The molecule has 0 unspecified atom stereocenters. The minimum absolute atomic E-state index is 0.204. The Labute approximate surface area is 175 Å². The molecule has 1 amide bonds. The maximum absolute atomic E-state index is 12.6. The first-order chi connectivity index (χ1) is 13.6. The molecule has 1 aromatic carbocycles. The lowest BCUT2D eigenvalue weighted by molar-refractivity contribution is 0.0931. The maximum atomic E-state index is 12.6. The number of halogens is 2. The Morgan fingerprint density at radius 1 is 1.21 bits per heavy atom. The zero-order valence-corrected chi connectivity index (χ0v) is 17.1. The predicted molar refractivity (Wildman–Crippen MR) is 107 cm³/mol. The van der Waals surface area contributed by atoms with Crippen molar-refractivity contribution in [1.82, 2.24) is 30.3 Å². The molecule has 11 heteroatoms. The molecular formula is C17H16Cl2N6O2S. The summed E-state index contributed by atoms with van der Waals surface area (Å²) in [6, 6.07) is 6.75. The third kappa shape index (κ3) is 5.20. The number of methoxy groups -OCH3 is 1. The van der Waals surface area contributed by atoms with Gasteiger partial charge in [-0.3, -0.25) is 4.79 Å². The summed E-state index contributed by atoms with van der Waals surface area (Å²) in [5.41, 5.74) is 1.38. The zero-order chi connectivity index (χ0) is 19.9. The third-order valence-electron chi connectivity index (χ3n) is 3.54. The fraction of sp³-hybridized carbons (Fsp3) is 0.235. The molecule has 2 aromatic heterocycles. The molecule has 1 N–H and O–H groups in total. The number of thioether (sulfide) groups is 1. The summed E-state index contributed by atoms with van der Waals surface area (Å²) in [6.07, 6.45) is 3.31. The highest BCUT2D eigenvalue weighted by Crippen LogP contribution is 2.26. The molecule has 0 bridgehead atoms. The van der Waals surface area contributed by atoms with Gasteiger partial charge in [0.05, 0.1) is 18.0 Å². The van der Waals surface area contributed by atoms with Gasteiger partial charge < -0.3 is 10.1 Å². The number of nitrogens with zero attached hydrogens (tertiary/aromatic N) is 5. The fourth-order valence-corrected chi connectivity index (χ4v) is 3.63. The predicted octanol–water partition coefficient (Wildman–Crippen LogP) is 3.03. The summed E-state index contributed by atoms with van der Waals surface area (Å²) in [5.74, 6) is 0.0229. The molecule has 2 heterocycles. The van der Waals surface area contributed by atoms with Crippen LogP contribution in [-0.2, 0) is 10.5 Å². The van der Waals surface area contributed by atoms with E-state index in [4.69, 9.17) is 27.9 Å². The molecule has 0 radical (unpaired) electrons. The quantitative estimate of drug-likeness (QED) is 0.328. The van der Waals surface area contributed by atoms with E-state index in [1.807, 2.05) is 0 Å². The first-order valence-electron chi connectivity index (χ1n) is 8.16. The number of aromatic nitrogens is 5. The molecule has 146 valence electrons. The number of hydrogen-bond donors (Lipinski definition) is 1. The lowest BCUT2D eigenvalue weighted by Gasteiger charge is -2.09. The first-order valence-corrected chi connectivity index (χ1v) is 9.90. The molecule has 0 aliphatic carbocycles. The number of amides is 1. The first kappa shape index (κ1) is 20.5. The van der Waals surface area contributed by atoms with Crippen LogP contribution in [0.25, 0.3) is 5.69 Å². The van der Waals surface area contributed by atoms with Crippen molar-refractivity contribution in [2.45, 2.75) is 10.9 Å². The van der Waals surface area contributed by atoms with Gasteiger partial charge >= 0.3 is 0 Å². The standard InChI is InChI=1S/C17H16Cl2N6O2S/c1-27-6-5-20-16(26)15-14(10-28-17-21-3-2-4-22-17)25(24-23-15)13-8-11(18)7-12(19)9-13/h2-4,7-9H,5-6,10H2,1H3,(H,20,26). The zero-order valence-electron chi connectivity index (χ0n) is 14.8. The lowest BCUT2D eigenvalue weighted by atomic mass is 10.3. The van der Waals surface area contributed by atoms with Gasteiger partial charge in [-0.1, -0.05) is 40.2 Å². The van der Waals surface area contributed by atoms with Crippen LogP contribution in [0.15, 0.2) is 41.8 Å². The van der Waals surface area contributed by atoms with Gasteiger partial charge in [0.25, 0.3) is 5.91 Å². The van der Waals surface area contributed by atoms with Crippen molar-refractivity contribution in [3.05, 3.63) is 58.1 Å². The van der Waals surface area contributed by atoms with Gasteiger partial charge in [0.15, 0.2) is 10.9 Å². The fourth-order valence-electron chi connectivity index (χ4n) is 2.32. The average molecular weight is 439 g/mol. The van der Waals surface area contributed by atoms with E-state index >= 15 is 0 Å². The maximum Gasteiger partial charge on any atom is 0.273 e. The molecule has 3 rings (SSSR count). The van der Waals surface area contributed by atoms with Crippen molar-refractivity contribution in [2.24, 2.45) is 0 Å². The van der Waals surface area contributed by atoms with Crippen molar-refractivity contribution in [2.75, 3.05) is 20.3 Å². The molecule has 0 saturated carbocycles. The Hall–Kier alpha value is -2.20. The van der Waals surface area contributed by atoms with Gasteiger partial charge in [0.1, 0.15) is 0 Å². The number of ether oxygens (including phenoxy) is 1. The monoisotopic (exact) mass is 438 g/mol. The van der Waals surface area contributed by atoms with Crippen LogP contribution in [-0.4, -0.2) is 51.1 Å². The number of rotatable bonds is 8. The summed E-state index contributed by atoms with van der Waals surface area (Å²) >= 11 is 13.6. The van der Waals surface area contributed by atoms with Crippen LogP contribution in [0.3, 0.4) is 0 Å². The lowest BCUT2D eigenvalue weighted by Crippen LogP contribution is -2.28. The summed E-state index contributed by atoms with van der Waals surface area (Å²) in [4.78, 5) is 20.9. The summed E-state index contributed by atoms with van der Waals surface area (Å²) in [6.45, 7) is 0.755. The Morgan fingerprint density at radius 2 is 1.93 bits per heavy atom.